The van der Waals surface area contributed by atoms with E-state index in [4.69, 9.17) is 0 Å². The van der Waals surface area contributed by atoms with Gasteiger partial charge in [0.15, 0.2) is 0 Å². The zero-order chi connectivity index (χ0) is 14.4. The third-order valence-corrected chi connectivity index (χ3v) is 4.16. The molecule has 0 saturated carbocycles. The van der Waals surface area contributed by atoms with Crippen LogP contribution in [-0.2, 0) is 11.2 Å². The van der Waals surface area contributed by atoms with Crippen LogP contribution in [0.5, 0.6) is 0 Å². The van der Waals surface area contributed by atoms with Crippen LogP contribution in [0.4, 0.5) is 0 Å². The minimum atomic E-state index is 0.286. The summed E-state index contributed by atoms with van der Waals surface area (Å²) in [6.07, 6.45) is 7.06. The molecular weight excluding hydrogens is 250 g/mol. The minimum Gasteiger partial charge on any atom is -0.337 e. The van der Waals surface area contributed by atoms with E-state index < -0.39 is 0 Å². The van der Waals surface area contributed by atoms with E-state index in [9.17, 15) is 4.79 Å². The predicted molar refractivity (Wildman–Crippen MR) is 80.4 cm³/mol. The van der Waals surface area contributed by atoms with Crippen molar-refractivity contribution in [2.24, 2.45) is 0 Å². The van der Waals surface area contributed by atoms with Gasteiger partial charge in [-0.25, -0.2) is 0 Å². The second-order valence-electron chi connectivity index (χ2n) is 5.48. The molecule has 0 bridgehead atoms. The number of carbonyl (C=O) groups is 1. The first-order chi connectivity index (χ1) is 9.74. The van der Waals surface area contributed by atoms with E-state index in [0.717, 1.165) is 32.4 Å². The van der Waals surface area contributed by atoms with Crippen molar-refractivity contribution in [3.8, 4) is 0 Å². The van der Waals surface area contributed by atoms with E-state index in [1.165, 1.54) is 5.56 Å². The van der Waals surface area contributed by atoms with Crippen LogP contribution in [-0.4, -0.2) is 41.0 Å². The quantitative estimate of drug-likeness (QED) is 0.894. The van der Waals surface area contributed by atoms with E-state index in [1.54, 1.807) is 12.4 Å². The predicted octanol–water partition coefficient (Wildman–Crippen LogP) is 2.00. The fourth-order valence-electron chi connectivity index (χ4n) is 2.75. The summed E-state index contributed by atoms with van der Waals surface area (Å²) < 4.78 is 0. The highest BCUT2D eigenvalue weighted by Gasteiger charge is 2.28. The Morgan fingerprint density at radius 2 is 2.10 bits per heavy atom. The molecule has 20 heavy (non-hydrogen) atoms. The number of aromatic nitrogens is 1. The van der Waals surface area contributed by atoms with Gasteiger partial charge in [0.25, 0.3) is 0 Å². The maximum absolute atomic E-state index is 12.5. The van der Waals surface area contributed by atoms with Crippen LogP contribution in [0.25, 0.3) is 0 Å². The fraction of sp³-hybridized carbons (Fsp3) is 0.625. The molecule has 2 rings (SSSR count). The van der Waals surface area contributed by atoms with Crippen molar-refractivity contribution < 1.29 is 4.79 Å². The van der Waals surface area contributed by atoms with Crippen molar-refractivity contribution in [2.45, 2.75) is 51.6 Å². The largest absolute Gasteiger partial charge is 0.337 e. The average Bonchev–Trinajstić information content (AvgIpc) is 2.52. The molecule has 2 heterocycles. The van der Waals surface area contributed by atoms with Gasteiger partial charge in [0, 0.05) is 44.0 Å². The van der Waals surface area contributed by atoms with Crippen LogP contribution in [0.3, 0.4) is 0 Å². The zero-order valence-corrected chi connectivity index (χ0v) is 12.5. The molecule has 2 unspecified atom stereocenters. The summed E-state index contributed by atoms with van der Waals surface area (Å²) in [7, 11) is 0. The highest BCUT2D eigenvalue weighted by Crippen LogP contribution is 2.14. The van der Waals surface area contributed by atoms with Crippen LogP contribution >= 0.6 is 0 Å². The summed E-state index contributed by atoms with van der Waals surface area (Å²) in [5, 5.41) is 3.53. The molecule has 1 fully saturated rings. The lowest BCUT2D eigenvalue weighted by Crippen LogP contribution is -2.57. The van der Waals surface area contributed by atoms with E-state index >= 15 is 0 Å². The number of nitrogens with zero attached hydrogens (tertiary/aromatic N) is 2. The molecule has 1 amide bonds. The summed E-state index contributed by atoms with van der Waals surface area (Å²) in [6, 6.07) is 4.76. The van der Waals surface area contributed by atoms with Crippen LogP contribution in [0.2, 0.25) is 0 Å². The van der Waals surface area contributed by atoms with Gasteiger partial charge in [-0.15, -0.1) is 0 Å². The second kappa shape index (κ2) is 7.39. The maximum Gasteiger partial charge on any atom is 0.223 e. The molecule has 1 aromatic rings. The standard InChI is InChI=1S/C16H25N3O/c1-3-14-12-19(15(4-2)11-18-14)16(20)6-5-13-7-9-17-10-8-13/h7-10,14-15,18H,3-6,11-12H2,1-2H3. The Labute approximate surface area is 121 Å². The number of aryl methyl sites for hydroxylation is 1. The lowest BCUT2D eigenvalue weighted by Gasteiger charge is -2.40. The number of nitrogens with one attached hydrogen (secondary N) is 1. The van der Waals surface area contributed by atoms with Crippen molar-refractivity contribution in [3.63, 3.8) is 0 Å². The molecule has 0 aliphatic carbocycles. The number of carbonyl (C=O) groups excluding carboxylic acids is 1. The van der Waals surface area contributed by atoms with Gasteiger partial charge in [-0.3, -0.25) is 9.78 Å². The first kappa shape index (κ1) is 15.0. The summed E-state index contributed by atoms with van der Waals surface area (Å²) in [5.74, 6) is 0.286. The Balaban J connectivity index is 1.91. The van der Waals surface area contributed by atoms with Gasteiger partial charge < -0.3 is 10.2 Å². The molecular formula is C16H25N3O. The van der Waals surface area contributed by atoms with Gasteiger partial charge in [-0.1, -0.05) is 13.8 Å². The van der Waals surface area contributed by atoms with E-state index in [-0.39, 0.29) is 5.91 Å². The van der Waals surface area contributed by atoms with Crippen molar-refractivity contribution in [3.05, 3.63) is 30.1 Å². The Morgan fingerprint density at radius 3 is 2.75 bits per heavy atom. The Kier molecular flexibility index (Phi) is 5.53. The topological polar surface area (TPSA) is 45.2 Å². The van der Waals surface area contributed by atoms with Crippen LogP contribution in [0, 0.1) is 0 Å². The van der Waals surface area contributed by atoms with E-state index in [2.05, 4.69) is 29.0 Å². The van der Waals surface area contributed by atoms with E-state index in [0.29, 0.717) is 18.5 Å². The zero-order valence-electron chi connectivity index (χ0n) is 12.5. The molecule has 1 aliphatic heterocycles. The van der Waals surface area contributed by atoms with Crippen molar-refractivity contribution in [1.82, 2.24) is 15.2 Å². The summed E-state index contributed by atoms with van der Waals surface area (Å²) in [4.78, 5) is 18.6. The summed E-state index contributed by atoms with van der Waals surface area (Å²) >= 11 is 0. The van der Waals surface area contributed by atoms with Crippen LogP contribution < -0.4 is 5.32 Å². The molecule has 0 radical (unpaired) electrons. The number of hydrogen-bond acceptors (Lipinski definition) is 3. The number of rotatable bonds is 5. The van der Waals surface area contributed by atoms with Gasteiger partial charge in [0.05, 0.1) is 0 Å². The molecule has 0 aromatic carbocycles. The third kappa shape index (κ3) is 3.79. The summed E-state index contributed by atoms with van der Waals surface area (Å²) in [6.45, 7) is 6.10. The lowest BCUT2D eigenvalue weighted by molar-refractivity contribution is -0.135. The second-order valence-corrected chi connectivity index (χ2v) is 5.48. The number of amides is 1. The SMILES string of the molecule is CCC1CN(C(=O)CCc2ccncc2)C(CC)CN1. The Morgan fingerprint density at radius 1 is 1.35 bits per heavy atom. The van der Waals surface area contributed by atoms with Gasteiger partial charge in [-0.2, -0.15) is 0 Å². The smallest absolute Gasteiger partial charge is 0.223 e. The minimum absolute atomic E-state index is 0.286. The number of pyridine rings is 1. The van der Waals surface area contributed by atoms with Crippen molar-refractivity contribution >= 4 is 5.91 Å². The molecule has 1 aliphatic rings. The highest BCUT2D eigenvalue weighted by molar-refractivity contribution is 5.77. The molecule has 0 spiro atoms. The number of hydrogen-bond donors (Lipinski definition) is 1. The number of piperazine rings is 1. The highest BCUT2D eigenvalue weighted by atomic mass is 16.2. The van der Waals surface area contributed by atoms with Crippen LogP contribution in [0.1, 0.15) is 38.7 Å². The van der Waals surface area contributed by atoms with E-state index in [1.807, 2.05) is 12.1 Å². The first-order valence-corrected chi connectivity index (χ1v) is 7.66. The van der Waals surface area contributed by atoms with Gasteiger partial charge in [0.2, 0.25) is 5.91 Å². The average molecular weight is 275 g/mol. The normalized spacial score (nSPS) is 22.8. The molecule has 1 aromatic heterocycles. The van der Waals surface area contributed by atoms with Crippen LogP contribution in [0.15, 0.2) is 24.5 Å². The van der Waals surface area contributed by atoms with Gasteiger partial charge >= 0.3 is 0 Å². The van der Waals surface area contributed by atoms with Crippen molar-refractivity contribution in [2.75, 3.05) is 13.1 Å². The molecule has 4 heteroatoms. The molecule has 1 N–H and O–H groups in total. The fourth-order valence-corrected chi connectivity index (χ4v) is 2.75. The Hall–Kier alpha value is -1.42. The molecule has 4 nitrogen and oxygen atoms in total. The molecule has 2 atom stereocenters. The first-order valence-electron chi connectivity index (χ1n) is 7.66. The maximum atomic E-state index is 12.5. The summed E-state index contributed by atoms with van der Waals surface area (Å²) in [5.41, 5.74) is 1.18. The third-order valence-electron chi connectivity index (χ3n) is 4.16. The molecule has 110 valence electrons. The monoisotopic (exact) mass is 275 g/mol. The van der Waals surface area contributed by atoms with Gasteiger partial charge in [-0.05, 0) is 37.0 Å². The lowest BCUT2D eigenvalue weighted by atomic mass is 10.0. The Bertz CT molecular complexity index is 421. The molecule has 1 saturated heterocycles. The van der Waals surface area contributed by atoms with Gasteiger partial charge in [0.1, 0.15) is 0 Å². The van der Waals surface area contributed by atoms with Crippen molar-refractivity contribution in [1.29, 1.82) is 0 Å².